The normalized spacial score (nSPS) is 16.5. The van der Waals surface area contributed by atoms with Gasteiger partial charge in [0.15, 0.2) is 5.58 Å². The fourth-order valence-electron chi connectivity index (χ4n) is 2.16. The van der Waals surface area contributed by atoms with E-state index >= 15 is 0 Å². The minimum absolute atomic E-state index is 0.189. The van der Waals surface area contributed by atoms with Crippen LogP contribution in [0.1, 0.15) is 29.6 Å². The van der Waals surface area contributed by atoms with Crippen LogP contribution in [0.2, 0.25) is 0 Å². The van der Waals surface area contributed by atoms with Crippen LogP contribution in [0.3, 0.4) is 0 Å². The number of nitrogens with one attached hydrogen (secondary N) is 1. The number of carbonyl (C=O) groups excluding carboxylic acids is 1. The molecule has 0 spiro atoms. The maximum atomic E-state index is 12.3. The lowest BCUT2D eigenvalue weighted by molar-refractivity contribution is -0.115. The standard InChI is InChI=1S/C13H14N2O4/c16-12(15-6-2-1-3-7-18-15)9-4-5-11-10(8-9)14-13(17)19-11/h4-5,8H,1-3,6-7H2,(H,14,17). The van der Waals surface area contributed by atoms with Crippen molar-refractivity contribution in [2.24, 2.45) is 0 Å². The highest BCUT2D eigenvalue weighted by Gasteiger charge is 2.19. The predicted molar refractivity (Wildman–Crippen MR) is 67.7 cm³/mol. The van der Waals surface area contributed by atoms with Crippen LogP contribution in [0.4, 0.5) is 0 Å². The third kappa shape index (κ3) is 2.39. The number of fused-ring (bicyclic) bond motifs is 1. The van der Waals surface area contributed by atoms with Gasteiger partial charge in [0, 0.05) is 12.1 Å². The average Bonchev–Trinajstić information content (AvgIpc) is 2.63. The van der Waals surface area contributed by atoms with Gasteiger partial charge in [0.25, 0.3) is 5.91 Å². The number of aromatic nitrogens is 1. The average molecular weight is 262 g/mol. The Morgan fingerprint density at radius 3 is 3.05 bits per heavy atom. The zero-order chi connectivity index (χ0) is 13.2. The summed E-state index contributed by atoms with van der Waals surface area (Å²) in [5, 5.41) is 1.40. The number of hydrogen-bond acceptors (Lipinski definition) is 4. The first kappa shape index (κ1) is 12.0. The molecule has 1 N–H and O–H groups in total. The minimum atomic E-state index is -0.523. The number of hydroxylamine groups is 2. The Bertz CT molecular complexity index is 650. The molecule has 1 aromatic heterocycles. The molecule has 100 valence electrons. The van der Waals surface area contributed by atoms with E-state index in [1.54, 1.807) is 18.2 Å². The van der Waals surface area contributed by atoms with Gasteiger partial charge in [0.05, 0.1) is 12.1 Å². The van der Waals surface area contributed by atoms with Gasteiger partial charge in [-0.25, -0.2) is 9.86 Å². The van der Waals surface area contributed by atoms with Gasteiger partial charge in [-0.15, -0.1) is 0 Å². The van der Waals surface area contributed by atoms with E-state index in [1.807, 2.05) is 0 Å². The Morgan fingerprint density at radius 2 is 2.16 bits per heavy atom. The number of aromatic amines is 1. The fourth-order valence-corrected chi connectivity index (χ4v) is 2.16. The Labute approximate surface area is 108 Å². The molecule has 2 heterocycles. The number of amides is 1. The lowest BCUT2D eigenvalue weighted by atomic mass is 10.2. The van der Waals surface area contributed by atoms with Crippen molar-refractivity contribution in [3.63, 3.8) is 0 Å². The summed E-state index contributed by atoms with van der Waals surface area (Å²) < 4.78 is 4.90. The van der Waals surface area contributed by atoms with Crippen molar-refractivity contribution in [1.82, 2.24) is 10.0 Å². The van der Waals surface area contributed by atoms with Crippen LogP contribution in [-0.2, 0) is 4.84 Å². The third-order valence-corrected chi connectivity index (χ3v) is 3.15. The summed E-state index contributed by atoms with van der Waals surface area (Å²) >= 11 is 0. The highest BCUT2D eigenvalue weighted by Crippen LogP contribution is 2.16. The van der Waals surface area contributed by atoms with Crippen molar-refractivity contribution >= 4 is 17.0 Å². The van der Waals surface area contributed by atoms with Gasteiger partial charge in [0.1, 0.15) is 0 Å². The van der Waals surface area contributed by atoms with Crippen molar-refractivity contribution in [1.29, 1.82) is 0 Å². The summed E-state index contributed by atoms with van der Waals surface area (Å²) in [7, 11) is 0. The lowest BCUT2D eigenvalue weighted by Crippen LogP contribution is -2.31. The summed E-state index contributed by atoms with van der Waals surface area (Å²) in [5.41, 5.74) is 1.44. The second kappa shape index (κ2) is 4.89. The molecule has 1 fully saturated rings. The lowest BCUT2D eigenvalue weighted by Gasteiger charge is -2.19. The molecule has 0 saturated carbocycles. The van der Waals surface area contributed by atoms with Crippen molar-refractivity contribution in [2.75, 3.05) is 13.2 Å². The van der Waals surface area contributed by atoms with Crippen molar-refractivity contribution in [3.8, 4) is 0 Å². The van der Waals surface area contributed by atoms with Crippen molar-refractivity contribution in [3.05, 3.63) is 34.3 Å². The van der Waals surface area contributed by atoms with Crippen LogP contribution in [0.25, 0.3) is 11.1 Å². The Kier molecular flexibility index (Phi) is 3.08. The number of carbonyl (C=O) groups is 1. The number of H-pyrrole nitrogens is 1. The molecule has 0 unspecified atom stereocenters. The number of benzene rings is 1. The van der Waals surface area contributed by atoms with E-state index in [9.17, 15) is 9.59 Å². The van der Waals surface area contributed by atoms with E-state index in [0.717, 1.165) is 19.3 Å². The molecule has 6 heteroatoms. The second-order valence-corrected chi connectivity index (χ2v) is 4.53. The highest BCUT2D eigenvalue weighted by molar-refractivity contribution is 5.96. The Balaban J connectivity index is 1.89. The molecule has 3 rings (SSSR count). The van der Waals surface area contributed by atoms with Crippen molar-refractivity contribution < 1.29 is 14.0 Å². The van der Waals surface area contributed by atoms with E-state index in [4.69, 9.17) is 9.25 Å². The monoisotopic (exact) mass is 262 g/mol. The van der Waals surface area contributed by atoms with E-state index in [0.29, 0.717) is 29.8 Å². The topological polar surface area (TPSA) is 75.5 Å². The second-order valence-electron chi connectivity index (χ2n) is 4.53. The van der Waals surface area contributed by atoms with E-state index in [1.165, 1.54) is 5.06 Å². The molecule has 1 aliphatic heterocycles. The predicted octanol–water partition coefficient (Wildman–Crippen LogP) is 1.68. The number of rotatable bonds is 1. The van der Waals surface area contributed by atoms with E-state index in [2.05, 4.69) is 4.98 Å². The molecule has 19 heavy (non-hydrogen) atoms. The first-order valence-corrected chi connectivity index (χ1v) is 6.32. The van der Waals surface area contributed by atoms with Crippen LogP contribution < -0.4 is 5.76 Å². The summed E-state index contributed by atoms with van der Waals surface area (Å²) in [6, 6.07) is 4.85. The molecule has 1 saturated heterocycles. The minimum Gasteiger partial charge on any atom is -0.408 e. The first-order chi connectivity index (χ1) is 9.24. The number of hydrogen-bond donors (Lipinski definition) is 1. The Morgan fingerprint density at radius 1 is 1.26 bits per heavy atom. The third-order valence-electron chi connectivity index (χ3n) is 3.15. The fraction of sp³-hybridized carbons (Fsp3) is 0.385. The summed E-state index contributed by atoms with van der Waals surface area (Å²) in [6.45, 7) is 1.16. The smallest absolute Gasteiger partial charge is 0.408 e. The van der Waals surface area contributed by atoms with Crippen LogP contribution in [0.15, 0.2) is 27.4 Å². The zero-order valence-corrected chi connectivity index (χ0v) is 10.3. The molecular formula is C13H14N2O4. The van der Waals surface area contributed by atoms with Gasteiger partial charge in [-0.1, -0.05) is 0 Å². The molecule has 0 radical (unpaired) electrons. The molecule has 0 atom stereocenters. The molecule has 1 amide bonds. The quantitative estimate of drug-likeness (QED) is 0.848. The summed E-state index contributed by atoms with van der Waals surface area (Å²) in [4.78, 5) is 31.3. The van der Waals surface area contributed by atoms with E-state index < -0.39 is 5.76 Å². The number of oxazole rings is 1. The summed E-state index contributed by atoms with van der Waals surface area (Å²) in [6.07, 6.45) is 2.98. The van der Waals surface area contributed by atoms with Crippen LogP contribution in [0.5, 0.6) is 0 Å². The molecule has 0 aliphatic carbocycles. The van der Waals surface area contributed by atoms with E-state index in [-0.39, 0.29) is 5.91 Å². The molecular weight excluding hydrogens is 248 g/mol. The maximum absolute atomic E-state index is 12.3. The van der Waals surface area contributed by atoms with Gasteiger partial charge in [-0.05, 0) is 37.5 Å². The molecule has 2 aromatic rings. The van der Waals surface area contributed by atoms with Gasteiger partial charge in [-0.3, -0.25) is 14.6 Å². The van der Waals surface area contributed by atoms with Crippen LogP contribution >= 0.6 is 0 Å². The maximum Gasteiger partial charge on any atom is 0.417 e. The van der Waals surface area contributed by atoms with Crippen LogP contribution in [0, 0.1) is 0 Å². The van der Waals surface area contributed by atoms with Crippen LogP contribution in [-0.4, -0.2) is 29.1 Å². The largest absolute Gasteiger partial charge is 0.417 e. The first-order valence-electron chi connectivity index (χ1n) is 6.32. The van der Waals surface area contributed by atoms with Gasteiger partial charge >= 0.3 is 5.76 Å². The molecule has 0 bridgehead atoms. The zero-order valence-electron chi connectivity index (χ0n) is 10.3. The van der Waals surface area contributed by atoms with Gasteiger partial charge in [0.2, 0.25) is 0 Å². The number of nitrogens with zero attached hydrogens (tertiary/aromatic N) is 1. The van der Waals surface area contributed by atoms with Crippen molar-refractivity contribution in [2.45, 2.75) is 19.3 Å². The van der Waals surface area contributed by atoms with Gasteiger partial charge < -0.3 is 4.42 Å². The SMILES string of the molecule is O=C(c1ccc2oc(=O)[nH]c2c1)N1CCCCCO1. The highest BCUT2D eigenvalue weighted by atomic mass is 16.7. The summed E-state index contributed by atoms with van der Waals surface area (Å²) in [5.74, 6) is -0.712. The molecule has 6 nitrogen and oxygen atoms in total. The molecule has 1 aromatic carbocycles. The van der Waals surface area contributed by atoms with Gasteiger partial charge in [-0.2, -0.15) is 0 Å². The Hall–Kier alpha value is -2.08. The molecule has 1 aliphatic rings.